The van der Waals surface area contributed by atoms with E-state index in [1.165, 1.54) is 0 Å². The van der Waals surface area contributed by atoms with Gasteiger partial charge in [-0.25, -0.2) is 0 Å². The van der Waals surface area contributed by atoms with E-state index in [4.69, 9.17) is 4.42 Å². The van der Waals surface area contributed by atoms with Crippen molar-refractivity contribution in [2.45, 2.75) is 39.7 Å². The minimum Gasteiger partial charge on any atom is -0.456 e. The predicted molar refractivity (Wildman–Crippen MR) is 68.5 cm³/mol. The fourth-order valence-corrected chi connectivity index (χ4v) is 2.42. The van der Waals surface area contributed by atoms with Crippen LogP contribution in [0.25, 0.3) is 0 Å². The molecular weight excluding hydrogens is 230 g/mol. The van der Waals surface area contributed by atoms with E-state index >= 15 is 0 Å². The summed E-state index contributed by atoms with van der Waals surface area (Å²) in [4.78, 5) is 14.1. The Morgan fingerprint density at radius 2 is 2.28 bits per heavy atom. The third kappa shape index (κ3) is 2.58. The summed E-state index contributed by atoms with van der Waals surface area (Å²) in [5, 5.41) is 9.63. The van der Waals surface area contributed by atoms with Gasteiger partial charge >= 0.3 is 0 Å². The van der Waals surface area contributed by atoms with Crippen molar-refractivity contribution >= 4 is 5.91 Å². The van der Waals surface area contributed by atoms with Gasteiger partial charge in [-0.2, -0.15) is 0 Å². The highest BCUT2D eigenvalue weighted by Crippen LogP contribution is 2.22. The second kappa shape index (κ2) is 5.14. The number of aryl methyl sites for hydroxylation is 2. The van der Waals surface area contributed by atoms with E-state index in [1.807, 2.05) is 13.8 Å². The summed E-state index contributed by atoms with van der Waals surface area (Å²) in [5.74, 6) is 1.33. The van der Waals surface area contributed by atoms with Gasteiger partial charge in [0.25, 0.3) is 5.91 Å². The van der Waals surface area contributed by atoms with E-state index in [0.717, 1.165) is 30.7 Å². The Morgan fingerprint density at radius 1 is 1.56 bits per heavy atom. The standard InChI is InChI=1S/C14H21NO3/c1-9-7-13(18-11(9)3)14(17)15-6-4-5-12(8-15)10(2)16/h7,10,12,16H,4-6,8H2,1-3H3. The Kier molecular flexibility index (Phi) is 3.76. The Bertz CT molecular complexity index is 417. The number of carbonyl (C=O) groups excluding carboxylic acids is 1. The Morgan fingerprint density at radius 3 is 2.83 bits per heavy atom. The van der Waals surface area contributed by atoms with Gasteiger partial charge in [0.2, 0.25) is 0 Å². The van der Waals surface area contributed by atoms with Gasteiger partial charge in [-0.3, -0.25) is 4.79 Å². The monoisotopic (exact) mass is 251 g/mol. The number of piperidine rings is 1. The average Bonchev–Trinajstić information content (AvgIpc) is 2.69. The number of aliphatic hydroxyl groups excluding tert-OH is 1. The highest BCUT2D eigenvalue weighted by atomic mass is 16.4. The zero-order valence-corrected chi connectivity index (χ0v) is 11.3. The van der Waals surface area contributed by atoms with Gasteiger partial charge in [0.15, 0.2) is 5.76 Å². The fourth-order valence-electron chi connectivity index (χ4n) is 2.42. The molecule has 2 rings (SSSR count). The van der Waals surface area contributed by atoms with Crippen molar-refractivity contribution in [1.82, 2.24) is 4.90 Å². The lowest BCUT2D eigenvalue weighted by Gasteiger charge is -2.33. The molecule has 0 spiro atoms. The van der Waals surface area contributed by atoms with Crippen LogP contribution in [0.5, 0.6) is 0 Å². The molecule has 0 aromatic carbocycles. The number of hydrogen-bond acceptors (Lipinski definition) is 3. The summed E-state index contributed by atoms with van der Waals surface area (Å²) >= 11 is 0. The van der Waals surface area contributed by atoms with Gasteiger partial charge in [-0.1, -0.05) is 0 Å². The summed E-state index contributed by atoms with van der Waals surface area (Å²) in [6, 6.07) is 1.80. The van der Waals surface area contributed by atoms with Gasteiger partial charge in [0, 0.05) is 19.0 Å². The molecule has 2 atom stereocenters. The van der Waals surface area contributed by atoms with E-state index in [0.29, 0.717) is 12.3 Å². The van der Waals surface area contributed by atoms with Crippen LogP contribution in [-0.2, 0) is 0 Å². The number of rotatable bonds is 2. The number of furan rings is 1. The Labute approximate surface area is 108 Å². The molecule has 0 aliphatic carbocycles. The third-order valence-corrected chi connectivity index (χ3v) is 3.80. The van der Waals surface area contributed by atoms with Gasteiger partial charge in [0.1, 0.15) is 5.76 Å². The first-order chi connectivity index (χ1) is 8.49. The first kappa shape index (κ1) is 13.1. The van der Waals surface area contributed by atoms with Crippen molar-refractivity contribution in [3.8, 4) is 0 Å². The minimum atomic E-state index is -0.360. The lowest BCUT2D eigenvalue weighted by molar-refractivity contribution is 0.0442. The van der Waals surface area contributed by atoms with Crippen LogP contribution >= 0.6 is 0 Å². The topological polar surface area (TPSA) is 53.7 Å². The van der Waals surface area contributed by atoms with Crippen molar-refractivity contribution in [2.24, 2.45) is 5.92 Å². The number of amides is 1. The number of aliphatic hydroxyl groups is 1. The van der Waals surface area contributed by atoms with E-state index in [2.05, 4.69) is 0 Å². The van der Waals surface area contributed by atoms with Crippen LogP contribution in [-0.4, -0.2) is 35.1 Å². The lowest BCUT2D eigenvalue weighted by atomic mass is 9.93. The average molecular weight is 251 g/mol. The lowest BCUT2D eigenvalue weighted by Crippen LogP contribution is -2.42. The van der Waals surface area contributed by atoms with Crippen LogP contribution in [0.1, 0.15) is 41.6 Å². The third-order valence-electron chi connectivity index (χ3n) is 3.80. The van der Waals surface area contributed by atoms with Crippen molar-refractivity contribution in [3.05, 3.63) is 23.2 Å². The first-order valence-corrected chi connectivity index (χ1v) is 6.53. The molecule has 1 N–H and O–H groups in total. The molecule has 1 aromatic rings. The molecule has 1 aromatic heterocycles. The van der Waals surface area contributed by atoms with E-state index in [1.54, 1.807) is 17.9 Å². The van der Waals surface area contributed by atoms with Gasteiger partial charge < -0.3 is 14.4 Å². The van der Waals surface area contributed by atoms with Crippen molar-refractivity contribution in [2.75, 3.05) is 13.1 Å². The smallest absolute Gasteiger partial charge is 0.289 e. The maximum Gasteiger partial charge on any atom is 0.289 e. The summed E-state index contributed by atoms with van der Waals surface area (Å²) in [7, 11) is 0. The largest absolute Gasteiger partial charge is 0.456 e. The highest BCUT2D eigenvalue weighted by Gasteiger charge is 2.28. The maximum absolute atomic E-state index is 12.3. The second-order valence-electron chi connectivity index (χ2n) is 5.24. The Hall–Kier alpha value is -1.29. The fraction of sp³-hybridized carbons (Fsp3) is 0.643. The quantitative estimate of drug-likeness (QED) is 0.876. The van der Waals surface area contributed by atoms with Crippen molar-refractivity contribution < 1.29 is 14.3 Å². The molecule has 1 aliphatic heterocycles. The van der Waals surface area contributed by atoms with Crippen LogP contribution in [0.15, 0.2) is 10.5 Å². The summed E-state index contributed by atoms with van der Waals surface area (Å²) in [5.41, 5.74) is 1.00. The molecule has 0 saturated carbocycles. The van der Waals surface area contributed by atoms with E-state index in [9.17, 15) is 9.90 Å². The molecule has 2 heterocycles. The zero-order chi connectivity index (χ0) is 13.3. The molecule has 0 bridgehead atoms. The molecule has 0 radical (unpaired) electrons. The Balaban J connectivity index is 2.09. The maximum atomic E-state index is 12.3. The molecule has 2 unspecified atom stereocenters. The van der Waals surface area contributed by atoms with Crippen molar-refractivity contribution in [1.29, 1.82) is 0 Å². The minimum absolute atomic E-state index is 0.0587. The molecule has 1 saturated heterocycles. The number of likely N-dealkylation sites (tertiary alicyclic amines) is 1. The van der Waals surface area contributed by atoms with Crippen LogP contribution < -0.4 is 0 Å². The van der Waals surface area contributed by atoms with Crippen molar-refractivity contribution in [3.63, 3.8) is 0 Å². The van der Waals surface area contributed by atoms with Gasteiger partial charge in [0.05, 0.1) is 6.10 Å². The summed E-state index contributed by atoms with van der Waals surface area (Å²) < 4.78 is 5.47. The molecule has 18 heavy (non-hydrogen) atoms. The van der Waals surface area contributed by atoms with Gasteiger partial charge in [-0.15, -0.1) is 0 Å². The van der Waals surface area contributed by atoms with Crippen LogP contribution in [0, 0.1) is 19.8 Å². The normalized spacial score (nSPS) is 22.0. The van der Waals surface area contributed by atoms with E-state index in [-0.39, 0.29) is 17.9 Å². The molecule has 100 valence electrons. The van der Waals surface area contributed by atoms with E-state index < -0.39 is 0 Å². The van der Waals surface area contributed by atoms with Crippen LogP contribution in [0.3, 0.4) is 0 Å². The second-order valence-corrected chi connectivity index (χ2v) is 5.24. The summed E-state index contributed by atoms with van der Waals surface area (Å²) in [6.45, 7) is 6.96. The SMILES string of the molecule is Cc1cc(C(=O)N2CCCC(C(C)O)C2)oc1C. The zero-order valence-electron chi connectivity index (χ0n) is 11.3. The van der Waals surface area contributed by atoms with Gasteiger partial charge in [-0.05, 0) is 45.2 Å². The van der Waals surface area contributed by atoms with Crippen LogP contribution in [0.2, 0.25) is 0 Å². The molecular formula is C14H21NO3. The number of hydrogen-bond donors (Lipinski definition) is 1. The predicted octanol–water partition coefficient (Wildman–Crippen LogP) is 2.13. The van der Waals surface area contributed by atoms with Crippen LogP contribution in [0.4, 0.5) is 0 Å². The first-order valence-electron chi connectivity index (χ1n) is 6.53. The number of nitrogens with zero attached hydrogens (tertiary/aromatic N) is 1. The molecule has 4 nitrogen and oxygen atoms in total. The molecule has 1 amide bonds. The highest BCUT2D eigenvalue weighted by molar-refractivity contribution is 5.91. The molecule has 1 aliphatic rings. The summed E-state index contributed by atoms with van der Waals surface area (Å²) in [6.07, 6.45) is 1.57. The number of carbonyl (C=O) groups is 1. The molecule has 1 fully saturated rings. The molecule has 4 heteroatoms.